The minimum absolute atomic E-state index is 0.0366. The van der Waals surface area contributed by atoms with E-state index >= 15 is 0 Å². The minimum atomic E-state index is -0.0841. The van der Waals surface area contributed by atoms with Crippen LogP contribution in [-0.2, 0) is 0 Å². The van der Waals surface area contributed by atoms with Crippen molar-refractivity contribution in [3.05, 3.63) is 59.7 Å². The van der Waals surface area contributed by atoms with Gasteiger partial charge in [-0.1, -0.05) is 26.0 Å². The van der Waals surface area contributed by atoms with Crippen LogP contribution in [0.5, 0.6) is 11.5 Å². The zero-order valence-electron chi connectivity index (χ0n) is 14.7. The lowest BCUT2D eigenvalue weighted by Crippen LogP contribution is -2.29. The van der Waals surface area contributed by atoms with Crippen LogP contribution < -0.4 is 14.8 Å². The summed E-state index contributed by atoms with van der Waals surface area (Å²) < 4.78 is 10.3. The van der Waals surface area contributed by atoms with Crippen molar-refractivity contribution < 1.29 is 14.3 Å². The molecule has 0 saturated carbocycles. The van der Waals surface area contributed by atoms with Crippen molar-refractivity contribution in [3.8, 4) is 11.5 Å². The fourth-order valence-corrected chi connectivity index (χ4v) is 2.57. The molecule has 4 heteroatoms. The van der Waals surface area contributed by atoms with Crippen molar-refractivity contribution in [2.75, 3.05) is 14.2 Å². The number of methoxy groups -OCH3 is 2. The fourth-order valence-electron chi connectivity index (χ4n) is 2.57. The van der Waals surface area contributed by atoms with Crippen LogP contribution >= 0.6 is 0 Å². The van der Waals surface area contributed by atoms with Crippen LogP contribution in [0.3, 0.4) is 0 Å². The van der Waals surface area contributed by atoms with E-state index in [1.165, 1.54) is 0 Å². The van der Waals surface area contributed by atoms with Crippen LogP contribution in [-0.4, -0.2) is 20.1 Å². The standard InChI is InChI=1S/C20H25NO3/c1-14(2)13-19(15-5-9-17(23-3)10-6-15)21-20(22)16-7-11-18(24-4)12-8-16/h5-12,14,19H,13H2,1-4H3,(H,21,22)/t19-/m0/s1. The highest BCUT2D eigenvalue weighted by Gasteiger charge is 2.17. The van der Waals surface area contributed by atoms with E-state index in [-0.39, 0.29) is 11.9 Å². The predicted molar refractivity (Wildman–Crippen MR) is 95.7 cm³/mol. The second-order valence-electron chi connectivity index (χ2n) is 6.16. The number of carbonyl (C=O) groups is 1. The van der Waals surface area contributed by atoms with E-state index in [9.17, 15) is 4.79 Å². The quantitative estimate of drug-likeness (QED) is 0.828. The third-order valence-corrected chi connectivity index (χ3v) is 3.88. The van der Waals surface area contributed by atoms with Gasteiger partial charge in [-0.15, -0.1) is 0 Å². The van der Waals surface area contributed by atoms with Gasteiger partial charge in [0.15, 0.2) is 0 Å². The maximum atomic E-state index is 12.6. The SMILES string of the molecule is COc1ccc(C(=O)N[C@@H](CC(C)C)c2ccc(OC)cc2)cc1. The molecule has 0 unspecified atom stereocenters. The van der Waals surface area contributed by atoms with Crippen molar-refractivity contribution in [3.63, 3.8) is 0 Å². The van der Waals surface area contributed by atoms with E-state index in [2.05, 4.69) is 19.2 Å². The van der Waals surface area contributed by atoms with E-state index < -0.39 is 0 Å². The molecule has 2 aromatic rings. The smallest absolute Gasteiger partial charge is 0.251 e. The first-order chi connectivity index (χ1) is 11.5. The number of ether oxygens (including phenoxy) is 2. The van der Waals surface area contributed by atoms with Gasteiger partial charge in [-0.25, -0.2) is 0 Å². The molecule has 0 radical (unpaired) electrons. The van der Waals surface area contributed by atoms with Gasteiger partial charge in [0.05, 0.1) is 20.3 Å². The van der Waals surface area contributed by atoms with Crippen molar-refractivity contribution in [2.24, 2.45) is 5.92 Å². The number of hydrogen-bond acceptors (Lipinski definition) is 3. The monoisotopic (exact) mass is 327 g/mol. The Morgan fingerprint density at radius 2 is 1.42 bits per heavy atom. The molecule has 0 fully saturated rings. The molecule has 4 nitrogen and oxygen atoms in total. The first kappa shape index (κ1) is 17.9. The second-order valence-corrected chi connectivity index (χ2v) is 6.16. The van der Waals surface area contributed by atoms with Crippen molar-refractivity contribution in [1.29, 1.82) is 0 Å². The Balaban J connectivity index is 2.15. The Hall–Kier alpha value is -2.49. The molecule has 0 aliphatic carbocycles. The highest BCUT2D eigenvalue weighted by molar-refractivity contribution is 5.94. The first-order valence-corrected chi connectivity index (χ1v) is 8.12. The lowest BCUT2D eigenvalue weighted by Gasteiger charge is -2.21. The highest BCUT2D eigenvalue weighted by atomic mass is 16.5. The van der Waals surface area contributed by atoms with E-state index in [0.29, 0.717) is 11.5 Å². The summed E-state index contributed by atoms with van der Waals surface area (Å²) in [6.45, 7) is 4.30. The van der Waals surface area contributed by atoms with Gasteiger partial charge in [0, 0.05) is 5.56 Å². The summed E-state index contributed by atoms with van der Waals surface area (Å²) in [6, 6.07) is 14.9. The number of carbonyl (C=O) groups excluding carboxylic acids is 1. The molecule has 128 valence electrons. The number of rotatable bonds is 7. The summed E-state index contributed by atoms with van der Waals surface area (Å²) in [5.74, 6) is 1.93. The number of nitrogens with one attached hydrogen (secondary N) is 1. The van der Waals surface area contributed by atoms with E-state index in [0.717, 1.165) is 23.5 Å². The summed E-state index contributed by atoms with van der Waals surface area (Å²) in [7, 11) is 3.25. The second kappa shape index (κ2) is 8.39. The maximum Gasteiger partial charge on any atom is 0.251 e. The van der Waals surface area contributed by atoms with E-state index in [1.807, 2.05) is 24.3 Å². The van der Waals surface area contributed by atoms with Gasteiger partial charge in [-0.05, 0) is 54.3 Å². The van der Waals surface area contributed by atoms with Crippen LogP contribution in [0.1, 0.15) is 42.2 Å². The molecule has 1 atom stereocenters. The molecule has 0 aromatic heterocycles. The van der Waals surface area contributed by atoms with Crippen molar-refractivity contribution >= 4 is 5.91 Å². The van der Waals surface area contributed by atoms with Gasteiger partial charge in [-0.3, -0.25) is 4.79 Å². The summed E-state index contributed by atoms with van der Waals surface area (Å²) in [5, 5.41) is 3.14. The molecule has 0 saturated heterocycles. The van der Waals surface area contributed by atoms with Crippen molar-refractivity contribution in [1.82, 2.24) is 5.32 Å². The Morgan fingerprint density at radius 1 is 0.917 bits per heavy atom. The van der Waals surface area contributed by atoms with Gasteiger partial charge >= 0.3 is 0 Å². The Labute approximate surface area is 143 Å². The largest absolute Gasteiger partial charge is 0.497 e. The van der Waals surface area contributed by atoms with Crippen LogP contribution in [0.4, 0.5) is 0 Å². The molecule has 2 rings (SSSR count). The molecule has 1 amide bonds. The summed E-state index contributed by atoms with van der Waals surface area (Å²) in [4.78, 5) is 12.6. The summed E-state index contributed by atoms with van der Waals surface area (Å²) >= 11 is 0. The van der Waals surface area contributed by atoms with Crippen LogP contribution in [0.25, 0.3) is 0 Å². The maximum absolute atomic E-state index is 12.6. The third-order valence-electron chi connectivity index (χ3n) is 3.88. The summed E-state index contributed by atoms with van der Waals surface area (Å²) in [5.41, 5.74) is 1.70. The lowest BCUT2D eigenvalue weighted by molar-refractivity contribution is 0.0932. The van der Waals surface area contributed by atoms with Gasteiger partial charge < -0.3 is 14.8 Å². The zero-order chi connectivity index (χ0) is 17.5. The molecule has 0 bridgehead atoms. The van der Waals surface area contributed by atoms with E-state index in [4.69, 9.17) is 9.47 Å². The Kier molecular flexibility index (Phi) is 6.24. The van der Waals surface area contributed by atoms with Crippen molar-refractivity contribution in [2.45, 2.75) is 26.3 Å². The minimum Gasteiger partial charge on any atom is -0.497 e. The molecule has 1 N–H and O–H groups in total. The molecule has 0 spiro atoms. The highest BCUT2D eigenvalue weighted by Crippen LogP contribution is 2.24. The normalized spacial score (nSPS) is 11.9. The summed E-state index contributed by atoms with van der Waals surface area (Å²) in [6.07, 6.45) is 0.869. The topological polar surface area (TPSA) is 47.6 Å². The molecule has 0 aliphatic rings. The van der Waals surface area contributed by atoms with Gasteiger partial charge in [0.25, 0.3) is 5.91 Å². The number of benzene rings is 2. The average molecular weight is 327 g/mol. The van der Waals surface area contributed by atoms with Crippen LogP contribution in [0, 0.1) is 5.92 Å². The molecule has 0 aliphatic heterocycles. The number of hydrogen-bond donors (Lipinski definition) is 1. The molecular weight excluding hydrogens is 302 g/mol. The lowest BCUT2D eigenvalue weighted by atomic mass is 9.96. The van der Waals surface area contributed by atoms with Crippen LogP contribution in [0.2, 0.25) is 0 Å². The molecular formula is C20H25NO3. The third kappa shape index (κ3) is 4.75. The fraction of sp³-hybridized carbons (Fsp3) is 0.350. The number of amides is 1. The predicted octanol–water partition coefficient (Wildman–Crippen LogP) is 4.22. The van der Waals surface area contributed by atoms with Gasteiger partial charge in [0.2, 0.25) is 0 Å². The zero-order valence-corrected chi connectivity index (χ0v) is 14.7. The van der Waals surface area contributed by atoms with Gasteiger partial charge in [0.1, 0.15) is 11.5 Å². The van der Waals surface area contributed by atoms with E-state index in [1.54, 1.807) is 38.5 Å². The van der Waals surface area contributed by atoms with Gasteiger partial charge in [-0.2, -0.15) is 0 Å². The molecule has 24 heavy (non-hydrogen) atoms. The Bertz CT molecular complexity index is 648. The average Bonchev–Trinajstić information content (AvgIpc) is 2.61. The Morgan fingerprint density at radius 3 is 1.88 bits per heavy atom. The first-order valence-electron chi connectivity index (χ1n) is 8.12. The molecule has 0 heterocycles. The molecule has 2 aromatic carbocycles. The van der Waals surface area contributed by atoms with Crippen LogP contribution in [0.15, 0.2) is 48.5 Å².